The minimum Gasteiger partial charge on any atom is -0.440 e. The van der Waals surface area contributed by atoms with Crippen LogP contribution in [0.25, 0.3) is 11.1 Å². The highest BCUT2D eigenvalue weighted by Gasteiger charge is 2.06. The Hall–Kier alpha value is -1.02. The van der Waals surface area contributed by atoms with Gasteiger partial charge >= 0.3 is 0 Å². The van der Waals surface area contributed by atoms with E-state index in [-0.39, 0.29) is 0 Å². The van der Waals surface area contributed by atoms with Crippen LogP contribution in [-0.4, -0.2) is 10.9 Å². The number of benzene rings is 1. The average molecular weight is 224 g/mol. The maximum Gasteiger partial charge on any atom is 0.195 e. The number of aryl methyl sites for hydroxylation is 2. The van der Waals surface area contributed by atoms with E-state index in [2.05, 4.69) is 4.98 Å². The maximum atomic E-state index is 5.69. The first-order valence-corrected chi connectivity index (χ1v) is 5.75. The SMILES string of the molecule is Cc1cccc2nc(CCCCCl)oc12. The monoisotopic (exact) mass is 223 g/mol. The fourth-order valence-corrected chi connectivity index (χ4v) is 1.80. The number of fused-ring (bicyclic) bond motifs is 1. The molecule has 0 radical (unpaired) electrons. The van der Waals surface area contributed by atoms with E-state index in [0.717, 1.165) is 41.8 Å². The Kier molecular flexibility index (Phi) is 3.27. The van der Waals surface area contributed by atoms with Crippen LogP contribution in [0.1, 0.15) is 24.3 Å². The molecule has 15 heavy (non-hydrogen) atoms. The summed E-state index contributed by atoms with van der Waals surface area (Å²) in [5, 5.41) is 0. The van der Waals surface area contributed by atoms with Crippen molar-refractivity contribution in [2.24, 2.45) is 0 Å². The Morgan fingerprint density at radius 2 is 2.20 bits per heavy atom. The summed E-state index contributed by atoms with van der Waals surface area (Å²) in [5.41, 5.74) is 3.01. The highest BCUT2D eigenvalue weighted by Crippen LogP contribution is 2.20. The number of nitrogens with zero attached hydrogens (tertiary/aromatic N) is 1. The van der Waals surface area contributed by atoms with Crippen molar-refractivity contribution >= 4 is 22.7 Å². The molecular formula is C12H14ClNO. The van der Waals surface area contributed by atoms with E-state index in [1.807, 2.05) is 25.1 Å². The molecule has 2 nitrogen and oxygen atoms in total. The van der Waals surface area contributed by atoms with E-state index >= 15 is 0 Å². The molecule has 1 heterocycles. The van der Waals surface area contributed by atoms with Crippen LogP contribution in [0.15, 0.2) is 22.6 Å². The van der Waals surface area contributed by atoms with Crippen molar-refractivity contribution in [3.63, 3.8) is 0 Å². The lowest BCUT2D eigenvalue weighted by Gasteiger charge is -1.92. The van der Waals surface area contributed by atoms with Gasteiger partial charge in [0.2, 0.25) is 0 Å². The van der Waals surface area contributed by atoms with Crippen LogP contribution in [0.2, 0.25) is 0 Å². The van der Waals surface area contributed by atoms with Gasteiger partial charge in [-0.3, -0.25) is 0 Å². The molecule has 2 aromatic rings. The van der Waals surface area contributed by atoms with Crippen LogP contribution in [0, 0.1) is 6.92 Å². The second kappa shape index (κ2) is 4.67. The second-order valence-electron chi connectivity index (χ2n) is 3.68. The lowest BCUT2D eigenvalue weighted by molar-refractivity contribution is 0.516. The van der Waals surface area contributed by atoms with Gasteiger partial charge < -0.3 is 4.42 Å². The van der Waals surface area contributed by atoms with Gasteiger partial charge in [0, 0.05) is 12.3 Å². The van der Waals surface area contributed by atoms with Crippen LogP contribution >= 0.6 is 11.6 Å². The van der Waals surface area contributed by atoms with Crippen molar-refractivity contribution < 1.29 is 4.42 Å². The van der Waals surface area contributed by atoms with Gasteiger partial charge in [-0.2, -0.15) is 0 Å². The van der Waals surface area contributed by atoms with Gasteiger partial charge in [-0.1, -0.05) is 12.1 Å². The highest BCUT2D eigenvalue weighted by atomic mass is 35.5. The standard InChI is InChI=1S/C12H14ClNO/c1-9-5-4-6-10-12(9)15-11(14-10)7-2-3-8-13/h4-6H,2-3,7-8H2,1H3. The van der Waals surface area contributed by atoms with E-state index in [1.54, 1.807) is 0 Å². The highest BCUT2D eigenvalue weighted by molar-refractivity contribution is 6.17. The van der Waals surface area contributed by atoms with E-state index in [1.165, 1.54) is 0 Å². The maximum absolute atomic E-state index is 5.69. The van der Waals surface area contributed by atoms with Crippen molar-refractivity contribution in [2.45, 2.75) is 26.2 Å². The van der Waals surface area contributed by atoms with Crippen LogP contribution in [0.4, 0.5) is 0 Å². The van der Waals surface area contributed by atoms with Crippen LogP contribution < -0.4 is 0 Å². The van der Waals surface area contributed by atoms with Crippen molar-refractivity contribution in [1.29, 1.82) is 0 Å². The lowest BCUT2D eigenvalue weighted by atomic mass is 10.2. The molecule has 0 fully saturated rings. The zero-order valence-corrected chi connectivity index (χ0v) is 9.55. The number of aromatic nitrogens is 1. The molecule has 0 aliphatic carbocycles. The van der Waals surface area contributed by atoms with Crippen LogP contribution in [0.3, 0.4) is 0 Å². The number of oxazole rings is 1. The van der Waals surface area contributed by atoms with Gasteiger partial charge in [-0.15, -0.1) is 11.6 Å². The molecule has 3 heteroatoms. The molecule has 0 saturated heterocycles. The normalized spacial score (nSPS) is 11.1. The van der Waals surface area contributed by atoms with Crippen LogP contribution in [-0.2, 0) is 6.42 Å². The predicted molar refractivity (Wildman–Crippen MR) is 62.4 cm³/mol. The Balaban J connectivity index is 2.20. The number of rotatable bonds is 4. The summed E-state index contributed by atoms with van der Waals surface area (Å²) >= 11 is 5.62. The number of alkyl halides is 1. The largest absolute Gasteiger partial charge is 0.440 e. The average Bonchev–Trinajstić information content (AvgIpc) is 2.63. The fourth-order valence-electron chi connectivity index (χ4n) is 1.61. The smallest absolute Gasteiger partial charge is 0.195 e. The molecule has 0 saturated carbocycles. The molecule has 0 spiro atoms. The van der Waals surface area contributed by atoms with Crippen molar-refractivity contribution in [3.05, 3.63) is 29.7 Å². The number of unbranched alkanes of at least 4 members (excludes halogenated alkanes) is 1. The summed E-state index contributed by atoms with van der Waals surface area (Å²) in [7, 11) is 0. The first-order chi connectivity index (χ1) is 7.31. The van der Waals surface area contributed by atoms with Crippen molar-refractivity contribution in [2.75, 3.05) is 5.88 Å². The summed E-state index contributed by atoms with van der Waals surface area (Å²) < 4.78 is 5.69. The van der Waals surface area contributed by atoms with E-state index in [0.29, 0.717) is 5.88 Å². The zero-order chi connectivity index (χ0) is 10.7. The number of hydrogen-bond acceptors (Lipinski definition) is 2. The zero-order valence-electron chi connectivity index (χ0n) is 8.79. The van der Waals surface area contributed by atoms with Gasteiger partial charge in [0.1, 0.15) is 5.52 Å². The summed E-state index contributed by atoms with van der Waals surface area (Å²) in [4.78, 5) is 4.44. The number of para-hydroxylation sites is 1. The summed E-state index contributed by atoms with van der Waals surface area (Å²) in [5.74, 6) is 1.53. The van der Waals surface area contributed by atoms with Crippen LogP contribution in [0.5, 0.6) is 0 Å². The third-order valence-electron chi connectivity index (χ3n) is 2.43. The van der Waals surface area contributed by atoms with E-state index < -0.39 is 0 Å². The van der Waals surface area contributed by atoms with Crippen molar-refractivity contribution in [1.82, 2.24) is 4.98 Å². The van der Waals surface area contributed by atoms with Gasteiger partial charge in [-0.25, -0.2) is 4.98 Å². The molecular weight excluding hydrogens is 210 g/mol. The van der Waals surface area contributed by atoms with Gasteiger partial charge in [0.25, 0.3) is 0 Å². The topological polar surface area (TPSA) is 26.0 Å². The first kappa shape index (κ1) is 10.5. The van der Waals surface area contributed by atoms with Gasteiger partial charge in [0.15, 0.2) is 11.5 Å². The fraction of sp³-hybridized carbons (Fsp3) is 0.417. The molecule has 0 unspecified atom stereocenters. The molecule has 1 aromatic heterocycles. The first-order valence-electron chi connectivity index (χ1n) is 5.22. The summed E-state index contributed by atoms with van der Waals surface area (Å²) in [6.45, 7) is 2.04. The molecule has 0 N–H and O–H groups in total. The Morgan fingerprint density at radius 1 is 1.33 bits per heavy atom. The van der Waals surface area contributed by atoms with Gasteiger partial charge in [-0.05, 0) is 31.4 Å². The quantitative estimate of drug-likeness (QED) is 0.584. The third-order valence-corrected chi connectivity index (χ3v) is 2.70. The predicted octanol–water partition coefficient (Wildman–Crippen LogP) is 3.70. The number of halogens is 1. The molecule has 1 aromatic carbocycles. The van der Waals surface area contributed by atoms with Gasteiger partial charge in [0.05, 0.1) is 0 Å². The molecule has 0 aliphatic heterocycles. The minimum absolute atomic E-state index is 0.708. The third kappa shape index (κ3) is 2.32. The van der Waals surface area contributed by atoms with E-state index in [4.69, 9.17) is 16.0 Å². The molecule has 0 bridgehead atoms. The molecule has 2 rings (SSSR count). The Bertz CT molecular complexity index is 450. The Labute approximate surface area is 94.3 Å². The Morgan fingerprint density at radius 3 is 2.93 bits per heavy atom. The molecule has 80 valence electrons. The lowest BCUT2D eigenvalue weighted by Crippen LogP contribution is -1.85. The van der Waals surface area contributed by atoms with E-state index in [9.17, 15) is 0 Å². The summed E-state index contributed by atoms with van der Waals surface area (Å²) in [6.07, 6.45) is 2.93. The minimum atomic E-state index is 0.708. The molecule has 0 atom stereocenters. The molecule has 0 amide bonds. The van der Waals surface area contributed by atoms with Crippen molar-refractivity contribution in [3.8, 4) is 0 Å². The molecule has 0 aliphatic rings. The number of hydrogen-bond donors (Lipinski definition) is 0. The second-order valence-corrected chi connectivity index (χ2v) is 4.05. The summed E-state index contributed by atoms with van der Waals surface area (Å²) in [6, 6.07) is 6.02.